The molecule has 1 aliphatic heterocycles. The average Bonchev–Trinajstić information content (AvgIpc) is 3.13. The van der Waals surface area contributed by atoms with Crippen molar-refractivity contribution in [2.45, 2.75) is 19.0 Å². The molecule has 0 fully saturated rings. The topological polar surface area (TPSA) is 64.2 Å². The number of halogens is 1. The first kappa shape index (κ1) is 16.5. The van der Waals surface area contributed by atoms with Gasteiger partial charge >= 0.3 is 0 Å². The molecule has 0 spiro atoms. The Morgan fingerprint density at radius 2 is 1.96 bits per heavy atom. The fourth-order valence-electron chi connectivity index (χ4n) is 3.41. The SMILES string of the molecule is Cn1cc(-c2ccc(CN3C(=O)C(C)(N)c4ccccc43)c(F)c2)cn1. The van der Waals surface area contributed by atoms with Gasteiger partial charge in [0.15, 0.2) is 0 Å². The normalized spacial score (nSPS) is 19.1. The fourth-order valence-corrected chi connectivity index (χ4v) is 3.41. The van der Waals surface area contributed by atoms with Crippen LogP contribution in [-0.2, 0) is 23.9 Å². The minimum absolute atomic E-state index is 0.141. The monoisotopic (exact) mass is 350 g/mol. The molecule has 1 atom stereocenters. The lowest BCUT2D eigenvalue weighted by Crippen LogP contribution is -2.44. The number of nitrogens with two attached hydrogens (primary N) is 1. The standard InChI is InChI=1S/C20H19FN4O/c1-20(22)16-5-3-4-6-18(16)25(19(20)26)12-14-8-7-13(9-17(14)21)15-10-23-24(2)11-15/h3-11H,12,22H2,1-2H3. The van der Waals surface area contributed by atoms with Gasteiger partial charge in [-0.2, -0.15) is 5.10 Å². The molecule has 26 heavy (non-hydrogen) atoms. The molecule has 4 rings (SSSR count). The van der Waals surface area contributed by atoms with Crippen molar-refractivity contribution in [3.05, 3.63) is 71.8 Å². The number of rotatable bonds is 3. The summed E-state index contributed by atoms with van der Waals surface area (Å²) < 4.78 is 16.4. The first-order chi connectivity index (χ1) is 12.4. The number of nitrogens with zero attached hydrogens (tertiary/aromatic N) is 3. The highest BCUT2D eigenvalue weighted by Crippen LogP contribution is 2.39. The molecular formula is C20H19FN4O. The summed E-state index contributed by atoms with van der Waals surface area (Å²) in [5, 5.41) is 4.11. The van der Waals surface area contributed by atoms with Crippen LogP contribution in [0.15, 0.2) is 54.9 Å². The maximum Gasteiger partial charge on any atom is 0.251 e. The van der Waals surface area contributed by atoms with Crippen LogP contribution in [0.5, 0.6) is 0 Å². The number of carbonyl (C=O) groups is 1. The van der Waals surface area contributed by atoms with E-state index in [2.05, 4.69) is 5.10 Å². The molecule has 2 N–H and O–H groups in total. The molecule has 1 amide bonds. The number of fused-ring (bicyclic) bond motifs is 1. The molecule has 0 saturated carbocycles. The highest BCUT2D eigenvalue weighted by molar-refractivity contribution is 6.07. The minimum atomic E-state index is -1.09. The van der Waals surface area contributed by atoms with E-state index in [4.69, 9.17) is 5.73 Å². The molecule has 3 aromatic rings. The van der Waals surface area contributed by atoms with Crippen molar-refractivity contribution in [3.8, 4) is 11.1 Å². The molecule has 0 saturated heterocycles. The van der Waals surface area contributed by atoms with Gasteiger partial charge in [0.25, 0.3) is 5.91 Å². The van der Waals surface area contributed by atoms with Gasteiger partial charge in [0.1, 0.15) is 11.4 Å². The van der Waals surface area contributed by atoms with Crippen molar-refractivity contribution in [2.24, 2.45) is 12.8 Å². The summed E-state index contributed by atoms with van der Waals surface area (Å²) >= 11 is 0. The Morgan fingerprint density at radius 1 is 1.19 bits per heavy atom. The Labute approximate surface area is 150 Å². The van der Waals surface area contributed by atoms with E-state index in [1.807, 2.05) is 43.6 Å². The molecule has 0 bridgehead atoms. The van der Waals surface area contributed by atoms with Crippen LogP contribution < -0.4 is 10.6 Å². The summed E-state index contributed by atoms with van der Waals surface area (Å²) in [7, 11) is 1.81. The van der Waals surface area contributed by atoms with E-state index < -0.39 is 5.54 Å². The van der Waals surface area contributed by atoms with Crippen LogP contribution in [0.2, 0.25) is 0 Å². The van der Waals surface area contributed by atoms with Gasteiger partial charge in [-0.15, -0.1) is 0 Å². The molecule has 1 aromatic heterocycles. The summed E-state index contributed by atoms with van der Waals surface area (Å²) in [5.74, 6) is -0.586. The Hall–Kier alpha value is -2.99. The lowest BCUT2D eigenvalue weighted by Gasteiger charge is -2.21. The second-order valence-corrected chi connectivity index (χ2v) is 6.82. The van der Waals surface area contributed by atoms with E-state index in [0.717, 1.165) is 22.4 Å². The van der Waals surface area contributed by atoms with Crippen LogP contribution in [0.25, 0.3) is 11.1 Å². The zero-order valence-corrected chi connectivity index (χ0v) is 14.6. The number of aryl methyl sites for hydroxylation is 1. The molecular weight excluding hydrogens is 331 g/mol. The fraction of sp³-hybridized carbons (Fsp3) is 0.200. The number of para-hydroxylation sites is 1. The van der Waals surface area contributed by atoms with Crippen molar-refractivity contribution >= 4 is 11.6 Å². The average molecular weight is 350 g/mol. The van der Waals surface area contributed by atoms with Crippen molar-refractivity contribution in [1.29, 1.82) is 0 Å². The molecule has 132 valence electrons. The van der Waals surface area contributed by atoms with E-state index in [-0.39, 0.29) is 18.3 Å². The Kier molecular flexibility index (Phi) is 3.66. The van der Waals surface area contributed by atoms with Crippen LogP contribution in [0.3, 0.4) is 0 Å². The van der Waals surface area contributed by atoms with Crippen molar-refractivity contribution in [3.63, 3.8) is 0 Å². The Bertz CT molecular complexity index is 1010. The number of benzene rings is 2. The summed E-state index contributed by atoms with van der Waals surface area (Å²) in [6.45, 7) is 1.83. The summed E-state index contributed by atoms with van der Waals surface area (Å²) in [6, 6.07) is 12.4. The van der Waals surface area contributed by atoms with Gasteiger partial charge in [-0.05, 0) is 24.6 Å². The highest BCUT2D eigenvalue weighted by Gasteiger charge is 2.44. The number of aromatic nitrogens is 2. The maximum atomic E-state index is 14.7. The van der Waals surface area contributed by atoms with Gasteiger partial charge in [0.05, 0.1) is 12.7 Å². The molecule has 1 unspecified atom stereocenters. The van der Waals surface area contributed by atoms with Gasteiger partial charge in [-0.25, -0.2) is 4.39 Å². The van der Waals surface area contributed by atoms with E-state index in [9.17, 15) is 9.18 Å². The van der Waals surface area contributed by atoms with Gasteiger partial charge in [-0.3, -0.25) is 9.48 Å². The van der Waals surface area contributed by atoms with E-state index >= 15 is 0 Å². The molecule has 0 radical (unpaired) electrons. The molecule has 0 aliphatic carbocycles. The lowest BCUT2D eigenvalue weighted by molar-refractivity contribution is -0.122. The Balaban J connectivity index is 1.67. The third-order valence-electron chi connectivity index (χ3n) is 4.86. The molecule has 2 heterocycles. The van der Waals surface area contributed by atoms with Crippen LogP contribution in [0.4, 0.5) is 10.1 Å². The quantitative estimate of drug-likeness (QED) is 0.790. The molecule has 2 aromatic carbocycles. The van der Waals surface area contributed by atoms with Crippen molar-refractivity contribution < 1.29 is 9.18 Å². The first-order valence-electron chi connectivity index (χ1n) is 8.36. The largest absolute Gasteiger partial charge is 0.314 e. The van der Waals surface area contributed by atoms with Crippen LogP contribution in [0, 0.1) is 5.82 Å². The number of anilines is 1. The van der Waals surface area contributed by atoms with Gasteiger partial charge in [0, 0.05) is 35.6 Å². The zero-order chi connectivity index (χ0) is 18.5. The third-order valence-corrected chi connectivity index (χ3v) is 4.86. The molecule has 5 nitrogen and oxygen atoms in total. The van der Waals surface area contributed by atoms with Crippen LogP contribution >= 0.6 is 0 Å². The first-order valence-corrected chi connectivity index (χ1v) is 8.36. The maximum absolute atomic E-state index is 14.7. The predicted octanol–water partition coefficient (Wildman–Crippen LogP) is 2.95. The Morgan fingerprint density at radius 3 is 2.65 bits per heavy atom. The summed E-state index contributed by atoms with van der Waals surface area (Å²) in [5.41, 5.74) is 8.66. The van der Waals surface area contributed by atoms with Gasteiger partial charge in [-0.1, -0.05) is 30.3 Å². The second-order valence-electron chi connectivity index (χ2n) is 6.82. The summed E-state index contributed by atoms with van der Waals surface area (Å²) in [4.78, 5) is 14.3. The third kappa shape index (κ3) is 2.50. The number of hydrogen-bond acceptors (Lipinski definition) is 3. The van der Waals surface area contributed by atoms with E-state index in [1.165, 1.54) is 6.07 Å². The number of carbonyl (C=O) groups excluding carboxylic acids is 1. The minimum Gasteiger partial charge on any atom is -0.314 e. The smallest absolute Gasteiger partial charge is 0.251 e. The summed E-state index contributed by atoms with van der Waals surface area (Å²) in [6.07, 6.45) is 3.52. The van der Waals surface area contributed by atoms with Gasteiger partial charge < -0.3 is 10.6 Å². The van der Waals surface area contributed by atoms with Crippen LogP contribution in [-0.4, -0.2) is 15.7 Å². The predicted molar refractivity (Wildman–Crippen MR) is 97.8 cm³/mol. The van der Waals surface area contributed by atoms with Crippen molar-refractivity contribution in [2.75, 3.05) is 4.90 Å². The van der Waals surface area contributed by atoms with E-state index in [0.29, 0.717) is 5.56 Å². The van der Waals surface area contributed by atoms with Crippen LogP contribution in [0.1, 0.15) is 18.1 Å². The van der Waals surface area contributed by atoms with E-state index in [1.54, 1.807) is 28.8 Å². The number of amides is 1. The second kappa shape index (κ2) is 5.78. The molecule has 6 heteroatoms. The van der Waals surface area contributed by atoms with Crippen molar-refractivity contribution in [1.82, 2.24) is 9.78 Å². The van der Waals surface area contributed by atoms with Gasteiger partial charge in [0.2, 0.25) is 0 Å². The zero-order valence-electron chi connectivity index (χ0n) is 14.6. The molecule has 1 aliphatic rings. The highest BCUT2D eigenvalue weighted by atomic mass is 19.1. The number of hydrogen-bond donors (Lipinski definition) is 1. The lowest BCUT2D eigenvalue weighted by atomic mass is 9.95.